The number of amides is 1. The Kier molecular flexibility index (Phi) is 4.33. The summed E-state index contributed by atoms with van der Waals surface area (Å²) in [7, 11) is 3.40. The van der Waals surface area contributed by atoms with Gasteiger partial charge >= 0.3 is 0 Å². The summed E-state index contributed by atoms with van der Waals surface area (Å²) in [5, 5.41) is 3.32. The van der Waals surface area contributed by atoms with Crippen LogP contribution in [0.4, 0.5) is 0 Å². The van der Waals surface area contributed by atoms with E-state index in [4.69, 9.17) is 4.74 Å². The third-order valence-corrected chi connectivity index (χ3v) is 3.97. The first-order chi connectivity index (χ1) is 11.6. The summed E-state index contributed by atoms with van der Waals surface area (Å²) in [6.07, 6.45) is 1.57. The molecule has 1 aromatic heterocycles. The number of hydrogen-bond acceptors (Lipinski definition) is 3. The van der Waals surface area contributed by atoms with Gasteiger partial charge < -0.3 is 14.6 Å². The summed E-state index contributed by atoms with van der Waals surface area (Å²) in [4.78, 5) is 25.0. The molecule has 0 bridgehead atoms. The summed E-state index contributed by atoms with van der Waals surface area (Å²) >= 11 is 0. The number of benzene rings is 2. The number of nitrogens with zero attached hydrogens (tertiary/aromatic N) is 1. The van der Waals surface area contributed by atoms with Gasteiger partial charge in [0.05, 0.1) is 12.6 Å². The van der Waals surface area contributed by atoms with Crippen LogP contribution in [0.2, 0.25) is 0 Å². The van der Waals surface area contributed by atoms with E-state index in [1.54, 1.807) is 30.0 Å². The maximum absolute atomic E-state index is 12.6. The third-order valence-electron chi connectivity index (χ3n) is 3.97. The Morgan fingerprint density at radius 2 is 1.83 bits per heavy atom. The molecule has 24 heavy (non-hydrogen) atoms. The van der Waals surface area contributed by atoms with Crippen LogP contribution in [0.5, 0.6) is 5.75 Å². The van der Waals surface area contributed by atoms with Crippen LogP contribution in [-0.2, 0) is 13.6 Å². The number of pyridine rings is 1. The second kappa shape index (κ2) is 6.58. The topological polar surface area (TPSA) is 60.3 Å². The van der Waals surface area contributed by atoms with Crippen LogP contribution in [0.25, 0.3) is 10.9 Å². The summed E-state index contributed by atoms with van der Waals surface area (Å²) in [6, 6.07) is 14.7. The molecule has 1 heterocycles. The van der Waals surface area contributed by atoms with Crippen molar-refractivity contribution in [1.82, 2.24) is 9.88 Å². The Morgan fingerprint density at radius 3 is 2.62 bits per heavy atom. The van der Waals surface area contributed by atoms with Crippen molar-refractivity contribution in [3.05, 3.63) is 76.1 Å². The van der Waals surface area contributed by atoms with Crippen molar-refractivity contribution in [2.75, 3.05) is 7.11 Å². The number of carbonyl (C=O) groups is 1. The normalized spacial score (nSPS) is 10.6. The van der Waals surface area contributed by atoms with E-state index in [0.717, 1.165) is 11.1 Å². The van der Waals surface area contributed by atoms with E-state index in [2.05, 4.69) is 5.32 Å². The second-order valence-electron chi connectivity index (χ2n) is 5.49. The van der Waals surface area contributed by atoms with Crippen molar-refractivity contribution in [2.45, 2.75) is 6.54 Å². The molecule has 0 fully saturated rings. The van der Waals surface area contributed by atoms with Crippen molar-refractivity contribution in [2.24, 2.45) is 7.05 Å². The molecular weight excluding hydrogens is 304 g/mol. The molecule has 0 unspecified atom stereocenters. The van der Waals surface area contributed by atoms with Gasteiger partial charge in [0.2, 0.25) is 5.43 Å². The molecule has 3 aromatic rings. The molecule has 2 aromatic carbocycles. The van der Waals surface area contributed by atoms with E-state index < -0.39 is 5.91 Å². The van der Waals surface area contributed by atoms with Gasteiger partial charge in [0.15, 0.2) is 0 Å². The zero-order chi connectivity index (χ0) is 17.1. The quantitative estimate of drug-likeness (QED) is 0.803. The lowest BCUT2D eigenvalue weighted by atomic mass is 10.1. The summed E-state index contributed by atoms with van der Waals surface area (Å²) in [5.74, 6) is 0.302. The molecule has 0 radical (unpaired) electrons. The van der Waals surface area contributed by atoms with Crippen LogP contribution in [-0.4, -0.2) is 17.6 Å². The van der Waals surface area contributed by atoms with E-state index in [0.29, 0.717) is 17.7 Å². The summed E-state index contributed by atoms with van der Waals surface area (Å²) < 4.78 is 7.05. The summed E-state index contributed by atoms with van der Waals surface area (Å²) in [6.45, 7) is 0.291. The van der Waals surface area contributed by atoms with Gasteiger partial charge in [0, 0.05) is 30.7 Å². The van der Waals surface area contributed by atoms with Gasteiger partial charge in [-0.1, -0.05) is 30.3 Å². The molecule has 5 nitrogen and oxygen atoms in total. The van der Waals surface area contributed by atoms with Crippen LogP contribution in [0.15, 0.2) is 59.5 Å². The van der Waals surface area contributed by atoms with Gasteiger partial charge in [-0.05, 0) is 18.2 Å². The van der Waals surface area contributed by atoms with Crippen molar-refractivity contribution >= 4 is 16.8 Å². The average molecular weight is 322 g/mol. The van der Waals surface area contributed by atoms with Gasteiger partial charge in [-0.25, -0.2) is 0 Å². The third kappa shape index (κ3) is 2.88. The zero-order valence-corrected chi connectivity index (χ0v) is 13.6. The maximum Gasteiger partial charge on any atom is 0.257 e. The van der Waals surface area contributed by atoms with Gasteiger partial charge in [0.1, 0.15) is 11.3 Å². The Balaban J connectivity index is 1.89. The maximum atomic E-state index is 12.6. The highest BCUT2D eigenvalue weighted by molar-refractivity contribution is 5.97. The van der Waals surface area contributed by atoms with Crippen LogP contribution in [0, 0.1) is 0 Å². The van der Waals surface area contributed by atoms with Gasteiger partial charge in [0.25, 0.3) is 5.91 Å². The van der Waals surface area contributed by atoms with Crippen LogP contribution in [0.1, 0.15) is 15.9 Å². The molecule has 0 saturated heterocycles. The SMILES string of the molecule is COc1ccccc1CNC(=O)c1cn(C)c2ccccc2c1=O. The zero-order valence-electron chi connectivity index (χ0n) is 13.6. The standard InChI is InChI=1S/C19H18N2O3/c1-21-12-15(18(22)14-8-4-5-9-16(14)21)19(23)20-11-13-7-3-6-10-17(13)24-2/h3-10,12H,11H2,1-2H3,(H,20,23). The highest BCUT2D eigenvalue weighted by Crippen LogP contribution is 2.17. The second-order valence-corrected chi connectivity index (χ2v) is 5.49. The molecule has 0 atom stereocenters. The Hall–Kier alpha value is -3.08. The minimum atomic E-state index is -0.396. The fourth-order valence-electron chi connectivity index (χ4n) is 2.72. The van der Waals surface area contributed by atoms with E-state index in [9.17, 15) is 9.59 Å². The molecule has 1 amide bonds. The minimum Gasteiger partial charge on any atom is -0.496 e. The van der Waals surface area contributed by atoms with Crippen LogP contribution < -0.4 is 15.5 Å². The molecule has 122 valence electrons. The lowest BCUT2D eigenvalue weighted by molar-refractivity contribution is 0.0949. The number of para-hydroxylation sites is 2. The summed E-state index contributed by atoms with van der Waals surface area (Å²) in [5.41, 5.74) is 1.52. The van der Waals surface area contributed by atoms with E-state index in [1.807, 2.05) is 43.4 Å². The first kappa shape index (κ1) is 15.8. The smallest absolute Gasteiger partial charge is 0.257 e. The predicted octanol–water partition coefficient (Wildman–Crippen LogP) is 2.48. The number of fused-ring (bicyclic) bond motifs is 1. The van der Waals surface area contributed by atoms with Gasteiger partial charge in [-0.15, -0.1) is 0 Å². The number of hydrogen-bond donors (Lipinski definition) is 1. The Morgan fingerprint density at radius 1 is 1.12 bits per heavy atom. The lowest BCUT2D eigenvalue weighted by Gasteiger charge is -2.11. The lowest BCUT2D eigenvalue weighted by Crippen LogP contribution is -2.29. The largest absolute Gasteiger partial charge is 0.496 e. The first-order valence-electron chi connectivity index (χ1n) is 7.60. The van der Waals surface area contributed by atoms with E-state index in [-0.39, 0.29) is 11.0 Å². The minimum absolute atomic E-state index is 0.131. The highest BCUT2D eigenvalue weighted by Gasteiger charge is 2.14. The Bertz CT molecular complexity index is 960. The highest BCUT2D eigenvalue weighted by atomic mass is 16.5. The molecule has 3 rings (SSSR count). The monoisotopic (exact) mass is 322 g/mol. The average Bonchev–Trinajstić information content (AvgIpc) is 2.63. The fraction of sp³-hybridized carbons (Fsp3) is 0.158. The number of carbonyl (C=O) groups excluding carboxylic acids is 1. The fourth-order valence-corrected chi connectivity index (χ4v) is 2.72. The number of ether oxygens (including phenoxy) is 1. The molecule has 0 saturated carbocycles. The van der Waals surface area contributed by atoms with E-state index in [1.165, 1.54) is 0 Å². The molecule has 1 N–H and O–H groups in total. The van der Waals surface area contributed by atoms with Crippen molar-refractivity contribution in [3.63, 3.8) is 0 Å². The molecule has 5 heteroatoms. The number of rotatable bonds is 4. The number of methoxy groups -OCH3 is 1. The van der Waals surface area contributed by atoms with Crippen molar-refractivity contribution < 1.29 is 9.53 Å². The molecule has 0 spiro atoms. The first-order valence-corrected chi connectivity index (χ1v) is 7.60. The van der Waals surface area contributed by atoms with E-state index >= 15 is 0 Å². The van der Waals surface area contributed by atoms with Crippen LogP contribution in [0.3, 0.4) is 0 Å². The number of aryl methyl sites for hydroxylation is 1. The molecule has 0 aliphatic heterocycles. The Labute approximate surface area is 139 Å². The van der Waals surface area contributed by atoms with Gasteiger partial charge in [-0.2, -0.15) is 0 Å². The predicted molar refractivity (Wildman–Crippen MR) is 93.4 cm³/mol. The number of aromatic nitrogens is 1. The van der Waals surface area contributed by atoms with Gasteiger partial charge in [-0.3, -0.25) is 9.59 Å². The van der Waals surface area contributed by atoms with Crippen molar-refractivity contribution in [1.29, 1.82) is 0 Å². The van der Waals surface area contributed by atoms with Crippen LogP contribution >= 0.6 is 0 Å². The molecule has 0 aliphatic carbocycles. The number of nitrogens with one attached hydrogen (secondary N) is 1. The molecule has 0 aliphatic rings. The van der Waals surface area contributed by atoms with Crippen molar-refractivity contribution in [3.8, 4) is 5.75 Å². The molecular formula is C19H18N2O3.